The molecule has 0 fully saturated rings. The maximum absolute atomic E-state index is 10.5. The molecule has 0 unspecified atom stereocenters. The lowest BCUT2D eigenvalue weighted by molar-refractivity contribution is -0.109. The molecule has 68 valence electrons. The number of aromatic nitrogens is 2. The van der Waals surface area contributed by atoms with Crippen molar-refractivity contribution in [3.8, 4) is 11.8 Å². The number of aryl methyl sites for hydroxylation is 1. The summed E-state index contributed by atoms with van der Waals surface area (Å²) in [6.45, 7) is 1.53. The maximum Gasteiger partial charge on any atom is 0.186 e. The summed E-state index contributed by atoms with van der Waals surface area (Å²) >= 11 is 1.21. The van der Waals surface area contributed by atoms with Gasteiger partial charge >= 0.3 is 0 Å². The Morgan fingerprint density at radius 1 is 1.77 bits per heavy atom. The molecule has 1 heterocycles. The minimum Gasteiger partial charge on any atom is -0.327 e. The predicted molar refractivity (Wildman–Crippen MR) is 53.2 cm³/mol. The molecule has 1 rings (SSSR count). The van der Waals surface area contributed by atoms with Crippen LogP contribution in [0.2, 0.25) is 0 Å². The van der Waals surface area contributed by atoms with Gasteiger partial charge in [-0.15, -0.1) is 0 Å². The molecular weight excluding hydrogens is 184 g/mol. The third kappa shape index (κ3) is 3.34. The van der Waals surface area contributed by atoms with E-state index in [9.17, 15) is 4.79 Å². The Morgan fingerprint density at radius 3 is 3.08 bits per heavy atom. The molecule has 1 aromatic heterocycles. The lowest BCUT2D eigenvalue weighted by Crippen LogP contribution is -1.90. The van der Waals surface area contributed by atoms with Crippen molar-refractivity contribution in [2.45, 2.75) is 6.92 Å². The van der Waals surface area contributed by atoms with Gasteiger partial charge in [-0.05, 0) is 5.92 Å². The van der Waals surface area contributed by atoms with E-state index in [2.05, 4.69) is 16.8 Å². The molecule has 0 spiro atoms. The second kappa shape index (κ2) is 4.73. The molecule has 4 heteroatoms. The smallest absolute Gasteiger partial charge is 0.186 e. The lowest BCUT2D eigenvalue weighted by atomic mass is 10.5. The van der Waals surface area contributed by atoms with Crippen LogP contribution in [-0.4, -0.2) is 20.4 Å². The number of nitrogens with zero attached hydrogens (tertiary/aromatic N) is 2. The van der Waals surface area contributed by atoms with Crippen LogP contribution in [0.4, 0.5) is 0 Å². The minimum absolute atomic E-state index is 0.0918. The van der Waals surface area contributed by atoms with Crippen molar-refractivity contribution in [2.24, 2.45) is 7.05 Å². The van der Waals surface area contributed by atoms with Crippen LogP contribution in [0.1, 0.15) is 12.7 Å². The Labute approximate surface area is 81.5 Å². The SMILES string of the molecule is CC(=O)SCC#Cc1nccn1C. The number of carbonyl (C=O) groups excluding carboxylic acids is 1. The molecule has 13 heavy (non-hydrogen) atoms. The van der Waals surface area contributed by atoms with E-state index in [1.807, 2.05) is 17.8 Å². The zero-order valence-corrected chi connectivity index (χ0v) is 8.39. The highest BCUT2D eigenvalue weighted by Gasteiger charge is 1.92. The number of hydrogen-bond donors (Lipinski definition) is 0. The standard InChI is InChI=1S/C9H10N2OS/c1-8(12)13-7-3-4-9-10-5-6-11(9)2/h5-6H,7H2,1-2H3. The van der Waals surface area contributed by atoms with E-state index in [1.165, 1.54) is 18.7 Å². The lowest BCUT2D eigenvalue weighted by Gasteiger charge is -1.89. The van der Waals surface area contributed by atoms with Crippen LogP contribution in [0.15, 0.2) is 12.4 Å². The molecule has 0 atom stereocenters. The Morgan fingerprint density at radius 2 is 2.54 bits per heavy atom. The summed E-state index contributed by atoms with van der Waals surface area (Å²) < 4.78 is 1.84. The normalized spacial score (nSPS) is 9.08. The summed E-state index contributed by atoms with van der Waals surface area (Å²) in [5.41, 5.74) is 0. The van der Waals surface area contributed by atoms with Gasteiger partial charge in [0.15, 0.2) is 10.9 Å². The van der Waals surface area contributed by atoms with Crippen LogP contribution in [0.25, 0.3) is 0 Å². The van der Waals surface area contributed by atoms with E-state index in [4.69, 9.17) is 0 Å². The first-order chi connectivity index (χ1) is 6.20. The average Bonchev–Trinajstić information content (AvgIpc) is 2.45. The van der Waals surface area contributed by atoms with Crippen LogP contribution in [-0.2, 0) is 11.8 Å². The molecule has 0 radical (unpaired) electrons. The first-order valence-corrected chi connectivity index (χ1v) is 4.78. The van der Waals surface area contributed by atoms with Gasteiger partial charge in [0.2, 0.25) is 0 Å². The molecule has 0 saturated heterocycles. The Kier molecular flexibility index (Phi) is 3.59. The molecule has 0 bridgehead atoms. The molecule has 0 aliphatic carbocycles. The summed E-state index contributed by atoms with van der Waals surface area (Å²) in [4.78, 5) is 14.6. The molecule has 0 saturated carbocycles. The van der Waals surface area contributed by atoms with Crippen LogP contribution >= 0.6 is 11.8 Å². The molecular formula is C9H10N2OS. The highest BCUT2D eigenvalue weighted by atomic mass is 32.2. The number of thioether (sulfide) groups is 1. The number of rotatable bonds is 1. The molecule has 3 nitrogen and oxygen atoms in total. The van der Waals surface area contributed by atoms with Crippen molar-refractivity contribution in [2.75, 3.05) is 5.75 Å². The summed E-state index contributed by atoms with van der Waals surface area (Å²) in [5.74, 6) is 7.00. The maximum atomic E-state index is 10.5. The first kappa shape index (κ1) is 9.87. The second-order valence-electron chi connectivity index (χ2n) is 2.44. The molecule has 0 aliphatic heterocycles. The Hall–Kier alpha value is -1.21. The van der Waals surface area contributed by atoms with Crippen LogP contribution < -0.4 is 0 Å². The summed E-state index contributed by atoms with van der Waals surface area (Å²) in [5, 5.41) is 0.0918. The van der Waals surface area contributed by atoms with Gasteiger partial charge in [0.05, 0.1) is 5.75 Å². The van der Waals surface area contributed by atoms with Crippen molar-refractivity contribution < 1.29 is 4.79 Å². The predicted octanol–water partition coefficient (Wildman–Crippen LogP) is 1.05. The van der Waals surface area contributed by atoms with Crippen molar-refractivity contribution in [1.29, 1.82) is 0 Å². The molecule has 0 aromatic carbocycles. The van der Waals surface area contributed by atoms with E-state index >= 15 is 0 Å². The van der Waals surface area contributed by atoms with E-state index < -0.39 is 0 Å². The fourth-order valence-electron chi connectivity index (χ4n) is 0.739. The zero-order chi connectivity index (χ0) is 9.68. The first-order valence-electron chi connectivity index (χ1n) is 3.79. The van der Waals surface area contributed by atoms with E-state index in [-0.39, 0.29) is 5.12 Å². The van der Waals surface area contributed by atoms with Gasteiger partial charge in [0.25, 0.3) is 0 Å². The third-order valence-electron chi connectivity index (χ3n) is 1.37. The van der Waals surface area contributed by atoms with Gasteiger partial charge in [-0.3, -0.25) is 4.79 Å². The van der Waals surface area contributed by atoms with Crippen molar-refractivity contribution in [1.82, 2.24) is 9.55 Å². The monoisotopic (exact) mass is 194 g/mol. The summed E-state index contributed by atoms with van der Waals surface area (Å²) in [6, 6.07) is 0. The van der Waals surface area contributed by atoms with Crippen molar-refractivity contribution in [3.05, 3.63) is 18.2 Å². The molecule has 0 aliphatic rings. The number of imidazole rings is 1. The van der Waals surface area contributed by atoms with Crippen molar-refractivity contribution in [3.63, 3.8) is 0 Å². The van der Waals surface area contributed by atoms with Crippen molar-refractivity contribution >= 4 is 16.9 Å². The van der Waals surface area contributed by atoms with Crippen LogP contribution in [0, 0.1) is 11.8 Å². The van der Waals surface area contributed by atoms with Gasteiger partial charge in [-0.1, -0.05) is 17.7 Å². The molecule has 0 amide bonds. The Bertz CT molecular complexity index is 359. The third-order valence-corrected chi connectivity index (χ3v) is 2.06. The van der Waals surface area contributed by atoms with Gasteiger partial charge in [-0.2, -0.15) is 0 Å². The fourth-order valence-corrected chi connectivity index (χ4v) is 1.09. The topological polar surface area (TPSA) is 34.9 Å². The Balaban J connectivity index is 2.49. The number of carbonyl (C=O) groups is 1. The minimum atomic E-state index is 0.0918. The van der Waals surface area contributed by atoms with Gasteiger partial charge in [-0.25, -0.2) is 4.98 Å². The number of hydrogen-bond acceptors (Lipinski definition) is 3. The fraction of sp³-hybridized carbons (Fsp3) is 0.333. The van der Waals surface area contributed by atoms with E-state index in [0.29, 0.717) is 5.75 Å². The summed E-state index contributed by atoms with van der Waals surface area (Å²) in [6.07, 6.45) is 3.53. The van der Waals surface area contributed by atoms with E-state index in [0.717, 1.165) is 5.82 Å². The highest BCUT2D eigenvalue weighted by molar-refractivity contribution is 8.13. The average molecular weight is 194 g/mol. The molecule has 1 aromatic rings. The molecule has 0 N–H and O–H groups in total. The zero-order valence-electron chi connectivity index (χ0n) is 7.57. The van der Waals surface area contributed by atoms with Crippen LogP contribution in [0.3, 0.4) is 0 Å². The largest absolute Gasteiger partial charge is 0.327 e. The van der Waals surface area contributed by atoms with Gasteiger partial charge in [0, 0.05) is 26.4 Å². The quantitative estimate of drug-likeness (QED) is 0.627. The van der Waals surface area contributed by atoms with Crippen LogP contribution in [0.5, 0.6) is 0 Å². The second-order valence-corrected chi connectivity index (χ2v) is 3.60. The van der Waals surface area contributed by atoms with Gasteiger partial charge < -0.3 is 4.57 Å². The summed E-state index contributed by atoms with van der Waals surface area (Å²) in [7, 11) is 1.88. The van der Waals surface area contributed by atoms with E-state index in [1.54, 1.807) is 6.20 Å². The van der Waals surface area contributed by atoms with Gasteiger partial charge in [0.1, 0.15) is 0 Å². The highest BCUT2D eigenvalue weighted by Crippen LogP contribution is 1.98.